The minimum Gasteiger partial charge on any atom is -0.293 e. The SMILES string of the molecule is CC#CC1CC2=C3CC[C@]4(C)CCC[C@H]4[C@@H]3CCC2=CC1=O. The van der Waals surface area contributed by atoms with E-state index < -0.39 is 0 Å². The summed E-state index contributed by atoms with van der Waals surface area (Å²) >= 11 is 0. The number of hydrogen-bond donors (Lipinski definition) is 0. The second-order valence-electron chi connectivity index (χ2n) is 8.02. The van der Waals surface area contributed by atoms with Gasteiger partial charge in [-0.2, -0.15) is 0 Å². The molecule has 0 radical (unpaired) electrons. The Balaban J connectivity index is 1.74. The maximum atomic E-state index is 12.2. The molecule has 0 spiro atoms. The Hall–Kier alpha value is -1.29. The lowest BCUT2D eigenvalue weighted by molar-refractivity contribution is -0.117. The molecule has 0 amide bonds. The summed E-state index contributed by atoms with van der Waals surface area (Å²) in [7, 11) is 0. The van der Waals surface area contributed by atoms with E-state index in [2.05, 4.69) is 18.8 Å². The van der Waals surface area contributed by atoms with Gasteiger partial charge >= 0.3 is 0 Å². The Morgan fingerprint density at radius 1 is 1.23 bits per heavy atom. The first-order valence-corrected chi connectivity index (χ1v) is 9.01. The van der Waals surface area contributed by atoms with Crippen LogP contribution in [0.3, 0.4) is 0 Å². The third-order valence-corrected chi connectivity index (χ3v) is 6.94. The molecule has 0 aliphatic heterocycles. The van der Waals surface area contributed by atoms with Gasteiger partial charge in [-0.05, 0) is 86.3 Å². The lowest BCUT2D eigenvalue weighted by atomic mass is 9.57. The second kappa shape index (κ2) is 5.12. The average Bonchev–Trinajstić information content (AvgIpc) is 2.90. The van der Waals surface area contributed by atoms with E-state index in [1.54, 1.807) is 5.57 Å². The van der Waals surface area contributed by atoms with Crippen LogP contribution in [0.5, 0.6) is 0 Å². The highest BCUT2D eigenvalue weighted by molar-refractivity contribution is 5.97. The van der Waals surface area contributed by atoms with Crippen LogP contribution < -0.4 is 0 Å². The summed E-state index contributed by atoms with van der Waals surface area (Å²) in [6.07, 6.45) is 12.1. The van der Waals surface area contributed by atoms with E-state index in [1.807, 2.05) is 13.0 Å². The van der Waals surface area contributed by atoms with Crippen molar-refractivity contribution in [2.75, 3.05) is 0 Å². The van der Waals surface area contributed by atoms with Gasteiger partial charge in [0.1, 0.15) is 0 Å². The van der Waals surface area contributed by atoms with Gasteiger partial charge in [-0.25, -0.2) is 0 Å². The summed E-state index contributed by atoms with van der Waals surface area (Å²) in [4.78, 5) is 12.2. The van der Waals surface area contributed by atoms with Gasteiger partial charge in [-0.1, -0.05) is 24.8 Å². The van der Waals surface area contributed by atoms with Gasteiger partial charge in [0.15, 0.2) is 5.78 Å². The summed E-state index contributed by atoms with van der Waals surface area (Å²) in [6, 6.07) is 0. The molecular weight excluding hydrogens is 268 g/mol. The number of hydrogen-bond acceptors (Lipinski definition) is 1. The van der Waals surface area contributed by atoms with E-state index in [0.29, 0.717) is 5.41 Å². The zero-order chi connectivity index (χ0) is 15.3. The number of rotatable bonds is 0. The zero-order valence-corrected chi connectivity index (χ0v) is 13.9. The highest BCUT2D eigenvalue weighted by atomic mass is 16.1. The van der Waals surface area contributed by atoms with Crippen molar-refractivity contribution < 1.29 is 4.79 Å². The highest BCUT2D eigenvalue weighted by Crippen LogP contribution is 2.60. The van der Waals surface area contributed by atoms with E-state index in [0.717, 1.165) is 24.7 Å². The summed E-state index contributed by atoms with van der Waals surface area (Å²) in [5.41, 5.74) is 5.21. The molecule has 0 bridgehead atoms. The molecule has 0 aromatic carbocycles. The van der Waals surface area contributed by atoms with Crippen LogP contribution in [0, 0.1) is 35.0 Å². The third-order valence-electron chi connectivity index (χ3n) is 6.94. The third kappa shape index (κ3) is 2.03. The van der Waals surface area contributed by atoms with Gasteiger partial charge in [0.25, 0.3) is 0 Å². The van der Waals surface area contributed by atoms with Crippen LogP contribution in [0.4, 0.5) is 0 Å². The quantitative estimate of drug-likeness (QED) is 0.585. The topological polar surface area (TPSA) is 17.1 Å². The molecule has 4 rings (SSSR count). The molecule has 2 saturated carbocycles. The van der Waals surface area contributed by atoms with Crippen molar-refractivity contribution >= 4 is 5.78 Å². The lowest BCUT2D eigenvalue weighted by Gasteiger charge is -2.47. The van der Waals surface area contributed by atoms with Gasteiger partial charge in [0, 0.05) is 0 Å². The standard InChI is InChI=1S/C21H26O/c1-3-5-15-12-18-14(13-20(15)22)7-8-17-16(18)9-11-21(2)10-4-6-19(17)21/h13,15,17,19H,4,6-12H2,1-2H3/t15?,17-,19+,21+/m1/s1. The van der Waals surface area contributed by atoms with Crippen LogP contribution in [-0.2, 0) is 4.79 Å². The number of fused-ring (bicyclic) bond motifs is 4. The van der Waals surface area contributed by atoms with Gasteiger partial charge in [-0.15, -0.1) is 5.92 Å². The van der Waals surface area contributed by atoms with Gasteiger partial charge in [0.05, 0.1) is 5.92 Å². The van der Waals surface area contributed by atoms with Crippen molar-refractivity contribution in [3.05, 3.63) is 22.8 Å². The van der Waals surface area contributed by atoms with Crippen LogP contribution >= 0.6 is 0 Å². The summed E-state index contributed by atoms with van der Waals surface area (Å²) in [6.45, 7) is 4.38. The summed E-state index contributed by atoms with van der Waals surface area (Å²) in [5, 5.41) is 0. The molecule has 0 aromatic heterocycles. The van der Waals surface area contributed by atoms with Crippen molar-refractivity contribution in [1.29, 1.82) is 0 Å². The highest BCUT2D eigenvalue weighted by Gasteiger charge is 2.48. The molecular formula is C21H26O. The van der Waals surface area contributed by atoms with Crippen LogP contribution in [-0.4, -0.2) is 5.78 Å². The molecule has 4 aliphatic carbocycles. The summed E-state index contributed by atoms with van der Waals surface area (Å²) in [5.74, 6) is 7.97. The Kier molecular flexibility index (Phi) is 3.33. The van der Waals surface area contributed by atoms with E-state index in [1.165, 1.54) is 49.7 Å². The Morgan fingerprint density at radius 3 is 2.91 bits per heavy atom. The maximum absolute atomic E-state index is 12.2. The molecule has 0 aromatic rings. The molecule has 1 nitrogen and oxygen atoms in total. The molecule has 4 aliphatic rings. The first-order chi connectivity index (χ1) is 10.6. The lowest BCUT2D eigenvalue weighted by Crippen LogP contribution is -2.37. The largest absolute Gasteiger partial charge is 0.293 e. The Labute approximate surface area is 134 Å². The minimum absolute atomic E-state index is 0.0770. The van der Waals surface area contributed by atoms with Gasteiger partial charge < -0.3 is 0 Å². The fourth-order valence-electron chi connectivity index (χ4n) is 5.82. The van der Waals surface area contributed by atoms with E-state index in [9.17, 15) is 4.79 Å². The van der Waals surface area contributed by atoms with Gasteiger partial charge in [-0.3, -0.25) is 4.79 Å². The predicted octanol–water partition coefficient (Wildman–Crippen LogP) is 4.83. The van der Waals surface area contributed by atoms with Crippen LogP contribution in [0.15, 0.2) is 22.8 Å². The molecule has 0 heterocycles. The predicted molar refractivity (Wildman–Crippen MR) is 89.1 cm³/mol. The molecule has 1 unspecified atom stereocenters. The fourth-order valence-corrected chi connectivity index (χ4v) is 5.82. The van der Waals surface area contributed by atoms with Crippen LogP contribution in [0.2, 0.25) is 0 Å². The van der Waals surface area contributed by atoms with E-state index in [4.69, 9.17) is 0 Å². The number of ketones is 1. The van der Waals surface area contributed by atoms with Crippen LogP contribution in [0.25, 0.3) is 0 Å². The molecule has 4 atom stereocenters. The molecule has 2 fully saturated rings. The van der Waals surface area contributed by atoms with Crippen LogP contribution in [0.1, 0.15) is 65.2 Å². The normalized spacial score (nSPS) is 40.2. The number of carbonyl (C=O) groups is 1. The fraction of sp³-hybridized carbons (Fsp3) is 0.667. The molecule has 0 saturated heterocycles. The van der Waals surface area contributed by atoms with Crippen molar-refractivity contribution in [3.8, 4) is 11.8 Å². The zero-order valence-electron chi connectivity index (χ0n) is 13.9. The maximum Gasteiger partial charge on any atom is 0.171 e. The van der Waals surface area contributed by atoms with Crippen molar-refractivity contribution in [2.45, 2.75) is 65.2 Å². The second-order valence-corrected chi connectivity index (χ2v) is 8.02. The Bertz CT molecular complexity index is 639. The molecule has 1 heteroatoms. The minimum atomic E-state index is -0.0770. The number of allylic oxidation sites excluding steroid dienone is 4. The number of carbonyl (C=O) groups excluding carboxylic acids is 1. The summed E-state index contributed by atoms with van der Waals surface area (Å²) < 4.78 is 0. The molecule has 22 heavy (non-hydrogen) atoms. The van der Waals surface area contributed by atoms with Crippen molar-refractivity contribution in [1.82, 2.24) is 0 Å². The van der Waals surface area contributed by atoms with Crippen molar-refractivity contribution in [2.24, 2.45) is 23.2 Å². The van der Waals surface area contributed by atoms with Gasteiger partial charge in [0.2, 0.25) is 0 Å². The first kappa shape index (κ1) is 14.3. The van der Waals surface area contributed by atoms with E-state index >= 15 is 0 Å². The van der Waals surface area contributed by atoms with Crippen molar-refractivity contribution in [3.63, 3.8) is 0 Å². The average molecular weight is 294 g/mol. The molecule has 0 N–H and O–H groups in total. The monoisotopic (exact) mass is 294 g/mol. The first-order valence-electron chi connectivity index (χ1n) is 9.01. The Morgan fingerprint density at radius 2 is 2.09 bits per heavy atom. The van der Waals surface area contributed by atoms with E-state index in [-0.39, 0.29) is 11.7 Å². The molecule has 116 valence electrons. The smallest absolute Gasteiger partial charge is 0.171 e.